The summed E-state index contributed by atoms with van der Waals surface area (Å²) in [4.78, 5) is 22.8. The molecule has 1 saturated heterocycles. The van der Waals surface area contributed by atoms with Gasteiger partial charge in [-0.25, -0.2) is 4.98 Å². The summed E-state index contributed by atoms with van der Waals surface area (Å²) >= 11 is 1.67. The number of benzene rings is 1. The van der Waals surface area contributed by atoms with Crippen LogP contribution in [0, 0.1) is 19.8 Å². The van der Waals surface area contributed by atoms with Crippen molar-refractivity contribution in [2.75, 3.05) is 44.3 Å². The third-order valence-corrected chi connectivity index (χ3v) is 7.26. The Kier molecular flexibility index (Phi) is 6.83. The fourth-order valence-electron chi connectivity index (χ4n) is 4.62. The summed E-state index contributed by atoms with van der Waals surface area (Å²) in [6, 6.07) is 4.37. The van der Waals surface area contributed by atoms with E-state index in [-0.39, 0.29) is 5.92 Å². The molecule has 0 unspecified atom stereocenters. The number of fused-ring (bicyclic) bond motifs is 1. The number of nitrogens with zero attached hydrogens (tertiary/aromatic N) is 3. The van der Waals surface area contributed by atoms with Crippen LogP contribution < -0.4 is 4.90 Å². The first-order chi connectivity index (χ1) is 14.1. The first-order valence-electron chi connectivity index (χ1n) is 11.1. The predicted octanol–water partition coefficient (Wildman–Crippen LogP) is 4.55. The molecule has 29 heavy (non-hydrogen) atoms. The first-order valence-corrected chi connectivity index (χ1v) is 11.9. The van der Waals surface area contributed by atoms with Crippen molar-refractivity contribution in [2.24, 2.45) is 5.92 Å². The van der Waals surface area contributed by atoms with Gasteiger partial charge in [0.15, 0.2) is 5.13 Å². The lowest BCUT2D eigenvalue weighted by Gasteiger charge is -2.30. The minimum atomic E-state index is 0.169. The highest BCUT2D eigenvalue weighted by atomic mass is 32.1. The van der Waals surface area contributed by atoms with E-state index in [0.29, 0.717) is 5.91 Å². The van der Waals surface area contributed by atoms with Crippen LogP contribution in [-0.4, -0.2) is 55.2 Å². The van der Waals surface area contributed by atoms with Crippen molar-refractivity contribution in [3.8, 4) is 0 Å². The third-order valence-electron chi connectivity index (χ3n) is 6.23. The van der Waals surface area contributed by atoms with Crippen molar-refractivity contribution >= 4 is 32.6 Å². The monoisotopic (exact) mass is 415 g/mol. The molecule has 158 valence electrons. The number of hydrogen-bond donors (Lipinski definition) is 0. The molecule has 0 atom stereocenters. The van der Waals surface area contributed by atoms with E-state index in [4.69, 9.17) is 9.72 Å². The maximum absolute atomic E-state index is 13.5. The predicted molar refractivity (Wildman–Crippen MR) is 120 cm³/mol. The Bertz CT molecular complexity index is 838. The van der Waals surface area contributed by atoms with Crippen molar-refractivity contribution in [1.82, 2.24) is 9.88 Å². The van der Waals surface area contributed by atoms with Gasteiger partial charge >= 0.3 is 0 Å². The van der Waals surface area contributed by atoms with Crippen molar-refractivity contribution in [3.63, 3.8) is 0 Å². The normalized spacial score (nSPS) is 19.0. The van der Waals surface area contributed by atoms with Crippen LogP contribution in [0.4, 0.5) is 5.13 Å². The van der Waals surface area contributed by atoms with Gasteiger partial charge in [0.05, 0.1) is 23.4 Å². The Morgan fingerprint density at radius 2 is 1.97 bits per heavy atom. The number of hydrogen-bond acceptors (Lipinski definition) is 5. The van der Waals surface area contributed by atoms with Gasteiger partial charge in [0.25, 0.3) is 0 Å². The summed E-state index contributed by atoms with van der Waals surface area (Å²) in [5.41, 5.74) is 3.49. The summed E-state index contributed by atoms with van der Waals surface area (Å²) in [5, 5.41) is 0.881. The smallest absolute Gasteiger partial charge is 0.231 e. The van der Waals surface area contributed by atoms with Crippen molar-refractivity contribution in [2.45, 2.75) is 52.4 Å². The minimum absolute atomic E-state index is 0.169. The molecule has 1 saturated carbocycles. The molecular weight excluding hydrogens is 382 g/mol. The topological polar surface area (TPSA) is 45.7 Å². The maximum atomic E-state index is 13.5. The van der Waals surface area contributed by atoms with Gasteiger partial charge in [0.2, 0.25) is 5.91 Å². The van der Waals surface area contributed by atoms with E-state index in [1.54, 1.807) is 11.3 Å². The fourth-order valence-corrected chi connectivity index (χ4v) is 5.79. The summed E-state index contributed by atoms with van der Waals surface area (Å²) < 4.78 is 6.64. The number of carbonyl (C=O) groups is 1. The molecule has 1 aromatic heterocycles. The maximum Gasteiger partial charge on any atom is 0.231 e. The lowest BCUT2D eigenvalue weighted by atomic mass is 9.88. The molecule has 0 spiro atoms. The zero-order valence-electron chi connectivity index (χ0n) is 17.8. The van der Waals surface area contributed by atoms with Crippen LogP contribution in [0.3, 0.4) is 0 Å². The number of thiazole rings is 1. The molecule has 0 bridgehead atoms. The van der Waals surface area contributed by atoms with Crippen LogP contribution in [0.2, 0.25) is 0 Å². The summed E-state index contributed by atoms with van der Waals surface area (Å²) in [6.07, 6.45) is 6.66. The van der Waals surface area contributed by atoms with Gasteiger partial charge in [-0.3, -0.25) is 14.6 Å². The Labute approximate surface area is 178 Å². The van der Waals surface area contributed by atoms with Gasteiger partial charge in [-0.15, -0.1) is 0 Å². The highest BCUT2D eigenvalue weighted by molar-refractivity contribution is 7.22. The number of aryl methyl sites for hydroxylation is 2. The summed E-state index contributed by atoms with van der Waals surface area (Å²) in [7, 11) is 0. The number of morpholine rings is 1. The van der Waals surface area contributed by atoms with Gasteiger partial charge in [0, 0.05) is 32.1 Å². The number of rotatable bonds is 6. The van der Waals surface area contributed by atoms with Crippen LogP contribution in [0.25, 0.3) is 10.2 Å². The van der Waals surface area contributed by atoms with Gasteiger partial charge in [-0.05, 0) is 50.3 Å². The largest absolute Gasteiger partial charge is 0.379 e. The Hall–Kier alpha value is -1.50. The lowest BCUT2D eigenvalue weighted by Crippen LogP contribution is -2.41. The molecule has 4 rings (SSSR count). The molecule has 0 N–H and O–H groups in total. The van der Waals surface area contributed by atoms with Gasteiger partial charge in [-0.1, -0.05) is 36.7 Å². The van der Waals surface area contributed by atoms with Crippen molar-refractivity contribution in [3.05, 3.63) is 23.3 Å². The second kappa shape index (κ2) is 9.54. The molecule has 2 aromatic rings. The number of anilines is 1. The van der Waals surface area contributed by atoms with E-state index in [1.165, 1.54) is 35.1 Å². The van der Waals surface area contributed by atoms with E-state index >= 15 is 0 Å². The number of ether oxygens (including phenoxy) is 1. The third kappa shape index (κ3) is 4.98. The second-order valence-electron chi connectivity index (χ2n) is 8.56. The quantitative estimate of drug-likeness (QED) is 0.694. The molecule has 1 aliphatic heterocycles. The molecular formula is C23H33N3O2S. The molecule has 2 aliphatic rings. The zero-order chi connectivity index (χ0) is 20.2. The SMILES string of the molecule is Cc1cc(C)c2nc(N(CCCN3CCOCC3)C(=O)C3CCCCC3)sc2c1. The summed E-state index contributed by atoms with van der Waals surface area (Å²) in [6.45, 7) is 9.64. The van der Waals surface area contributed by atoms with E-state index < -0.39 is 0 Å². The van der Waals surface area contributed by atoms with Crippen LogP contribution >= 0.6 is 11.3 Å². The van der Waals surface area contributed by atoms with Crippen molar-refractivity contribution < 1.29 is 9.53 Å². The highest BCUT2D eigenvalue weighted by Crippen LogP contribution is 2.34. The summed E-state index contributed by atoms with van der Waals surface area (Å²) in [5.74, 6) is 0.460. The van der Waals surface area contributed by atoms with Crippen molar-refractivity contribution in [1.29, 1.82) is 0 Å². The van der Waals surface area contributed by atoms with Crippen LogP contribution in [0.1, 0.15) is 49.7 Å². The average molecular weight is 416 g/mol. The number of amides is 1. The average Bonchev–Trinajstić information content (AvgIpc) is 3.16. The molecule has 5 nitrogen and oxygen atoms in total. The number of aromatic nitrogens is 1. The molecule has 1 aliphatic carbocycles. The van der Waals surface area contributed by atoms with Gasteiger partial charge in [-0.2, -0.15) is 0 Å². The standard InChI is InChI=1S/C23H33N3O2S/c1-17-15-18(2)21-20(16-17)29-23(24-21)26(22(27)19-7-4-3-5-8-19)10-6-9-25-11-13-28-14-12-25/h15-16,19H,3-14H2,1-2H3. The van der Waals surface area contributed by atoms with Gasteiger partial charge < -0.3 is 4.74 Å². The Balaban J connectivity index is 1.53. The zero-order valence-corrected chi connectivity index (χ0v) is 18.6. The number of carbonyl (C=O) groups excluding carboxylic acids is 1. The lowest BCUT2D eigenvalue weighted by molar-refractivity contribution is -0.123. The molecule has 2 fully saturated rings. The molecule has 0 radical (unpaired) electrons. The van der Waals surface area contributed by atoms with Gasteiger partial charge in [0.1, 0.15) is 0 Å². The van der Waals surface area contributed by atoms with E-state index in [2.05, 4.69) is 30.9 Å². The van der Waals surface area contributed by atoms with E-state index in [1.807, 2.05) is 4.90 Å². The van der Waals surface area contributed by atoms with Crippen LogP contribution in [0.15, 0.2) is 12.1 Å². The highest BCUT2D eigenvalue weighted by Gasteiger charge is 2.29. The fraction of sp³-hybridized carbons (Fsp3) is 0.652. The second-order valence-corrected chi connectivity index (χ2v) is 9.57. The van der Waals surface area contributed by atoms with E-state index in [9.17, 15) is 4.79 Å². The Morgan fingerprint density at radius 1 is 1.21 bits per heavy atom. The first kappa shape index (κ1) is 20.8. The minimum Gasteiger partial charge on any atom is -0.379 e. The molecule has 2 heterocycles. The molecule has 1 amide bonds. The van der Waals surface area contributed by atoms with Crippen LogP contribution in [-0.2, 0) is 9.53 Å². The van der Waals surface area contributed by atoms with Crippen LogP contribution in [0.5, 0.6) is 0 Å². The molecule has 6 heteroatoms. The Morgan fingerprint density at radius 3 is 2.72 bits per heavy atom. The molecule has 1 aromatic carbocycles. The van der Waals surface area contributed by atoms with E-state index in [0.717, 1.165) is 69.3 Å².